The van der Waals surface area contributed by atoms with Crippen LogP contribution in [0.4, 0.5) is 0 Å². The van der Waals surface area contributed by atoms with Crippen LogP contribution in [0, 0.1) is 0 Å². The van der Waals surface area contributed by atoms with Gasteiger partial charge in [-0.3, -0.25) is 14.5 Å². The smallest absolute Gasteiger partial charge is 0.295 e. The van der Waals surface area contributed by atoms with E-state index in [1.54, 1.807) is 29.2 Å². The molecule has 170 valence electrons. The molecule has 2 saturated heterocycles. The zero-order valence-corrected chi connectivity index (χ0v) is 19.1. The molecule has 1 aromatic heterocycles. The maximum absolute atomic E-state index is 13.0. The summed E-state index contributed by atoms with van der Waals surface area (Å²) in [4.78, 5) is 30.7. The summed E-state index contributed by atoms with van der Waals surface area (Å²) >= 11 is 1.47. The second kappa shape index (κ2) is 9.85. The summed E-state index contributed by atoms with van der Waals surface area (Å²) < 4.78 is 11.1. The lowest BCUT2D eigenvalue weighted by Crippen LogP contribution is -2.42. The van der Waals surface area contributed by atoms with Gasteiger partial charge in [0.15, 0.2) is 0 Å². The second-order valence-corrected chi connectivity index (χ2v) is 9.13. The SMILES string of the molecule is CC(C)Oc1ccc(/C(O)=C2/C(=O)C(=O)N(CCN3CCOCC3)C2c2cccs2)cc1. The van der Waals surface area contributed by atoms with Crippen molar-refractivity contribution in [2.24, 2.45) is 0 Å². The minimum atomic E-state index is -0.648. The van der Waals surface area contributed by atoms with Gasteiger partial charge in [-0.25, -0.2) is 0 Å². The van der Waals surface area contributed by atoms with Crippen LogP contribution in [-0.2, 0) is 14.3 Å². The van der Waals surface area contributed by atoms with E-state index in [-0.39, 0.29) is 17.4 Å². The molecule has 1 amide bonds. The molecule has 2 fully saturated rings. The van der Waals surface area contributed by atoms with Crippen molar-refractivity contribution in [3.8, 4) is 5.75 Å². The minimum absolute atomic E-state index is 0.0325. The first-order valence-electron chi connectivity index (χ1n) is 10.8. The van der Waals surface area contributed by atoms with Crippen LogP contribution in [0.15, 0.2) is 47.4 Å². The van der Waals surface area contributed by atoms with E-state index in [2.05, 4.69) is 4.90 Å². The molecule has 32 heavy (non-hydrogen) atoms. The number of Topliss-reactive ketones (excluding diaryl/α,β-unsaturated/α-hetero) is 1. The van der Waals surface area contributed by atoms with Crippen molar-refractivity contribution < 1.29 is 24.2 Å². The first kappa shape index (κ1) is 22.5. The van der Waals surface area contributed by atoms with Crippen LogP contribution < -0.4 is 4.74 Å². The van der Waals surface area contributed by atoms with Crippen LogP contribution in [0.25, 0.3) is 5.76 Å². The predicted molar refractivity (Wildman–Crippen MR) is 123 cm³/mol. The van der Waals surface area contributed by atoms with Crippen LogP contribution in [0.1, 0.15) is 30.3 Å². The molecule has 0 aliphatic carbocycles. The monoisotopic (exact) mass is 456 g/mol. The minimum Gasteiger partial charge on any atom is -0.507 e. The lowest BCUT2D eigenvalue weighted by molar-refractivity contribution is -0.140. The van der Waals surface area contributed by atoms with Gasteiger partial charge in [-0.2, -0.15) is 0 Å². The Balaban J connectivity index is 1.64. The molecule has 0 radical (unpaired) electrons. The lowest BCUT2D eigenvalue weighted by atomic mass is 10.00. The summed E-state index contributed by atoms with van der Waals surface area (Å²) in [5, 5.41) is 13.0. The van der Waals surface area contributed by atoms with Crippen LogP contribution in [0.5, 0.6) is 5.75 Å². The molecule has 7 nitrogen and oxygen atoms in total. The Kier molecular flexibility index (Phi) is 6.93. The molecule has 2 aliphatic heterocycles. The number of nitrogens with zero attached hydrogens (tertiary/aromatic N) is 2. The number of amides is 1. The standard InChI is InChI=1S/C24H28N2O5S/c1-16(2)31-18-7-5-17(6-8-18)22(27)20-21(19-4-3-15-32-19)26(24(29)23(20)28)10-9-25-11-13-30-14-12-25/h3-8,15-16,21,27H,9-14H2,1-2H3/b22-20-. The van der Waals surface area contributed by atoms with E-state index in [9.17, 15) is 14.7 Å². The summed E-state index contributed by atoms with van der Waals surface area (Å²) in [5.41, 5.74) is 0.616. The second-order valence-electron chi connectivity index (χ2n) is 8.15. The lowest BCUT2D eigenvalue weighted by Gasteiger charge is -2.30. The number of aliphatic hydroxyl groups excluding tert-OH is 1. The summed E-state index contributed by atoms with van der Waals surface area (Å²) in [6, 6.07) is 10.1. The predicted octanol–water partition coefficient (Wildman–Crippen LogP) is 3.29. The van der Waals surface area contributed by atoms with Crippen LogP contribution in [0.3, 0.4) is 0 Å². The number of likely N-dealkylation sites (tertiary alicyclic amines) is 1. The number of hydrogen-bond donors (Lipinski definition) is 1. The Bertz CT molecular complexity index is 978. The first-order chi connectivity index (χ1) is 15.5. The average molecular weight is 457 g/mol. The van der Waals surface area contributed by atoms with Crippen molar-refractivity contribution in [1.29, 1.82) is 0 Å². The van der Waals surface area contributed by atoms with Crippen molar-refractivity contribution in [3.63, 3.8) is 0 Å². The van der Waals surface area contributed by atoms with Gasteiger partial charge < -0.3 is 19.5 Å². The molecule has 0 bridgehead atoms. The maximum Gasteiger partial charge on any atom is 0.295 e. The number of benzene rings is 1. The normalized spacial score (nSPS) is 21.5. The average Bonchev–Trinajstić information content (AvgIpc) is 3.40. The highest BCUT2D eigenvalue weighted by atomic mass is 32.1. The highest BCUT2D eigenvalue weighted by molar-refractivity contribution is 7.10. The Morgan fingerprint density at radius 3 is 2.50 bits per heavy atom. The molecule has 3 heterocycles. The summed E-state index contributed by atoms with van der Waals surface area (Å²) in [6.45, 7) is 7.88. The molecule has 1 atom stereocenters. The topological polar surface area (TPSA) is 79.3 Å². The van der Waals surface area contributed by atoms with Crippen LogP contribution in [-0.4, -0.2) is 72.1 Å². The number of rotatable bonds is 7. The van der Waals surface area contributed by atoms with Gasteiger partial charge in [-0.15, -0.1) is 11.3 Å². The summed E-state index contributed by atoms with van der Waals surface area (Å²) in [7, 11) is 0. The molecule has 4 rings (SSSR count). The van der Waals surface area contributed by atoms with Gasteiger partial charge in [-0.1, -0.05) is 6.07 Å². The highest BCUT2D eigenvalue weighted by Crippen LogP contribution is 2.41. The van der Waals surface area contributed by atoms with Gasteiger partial charge in [0.2, 0.25) is 0 Å². The number of thiophene rings is 1. The van der Waals surface area contributed by atoms with Crippen LogP contribution >= 0.6 is 11.3 Å². The number of aliphatic hydroxyl groups is 1. The zero-order chi connectivity index (χ0) is 22.7. The number of hydrogen-bond acceptors (Lipinski definition) is 7. The fraction of sp³-hybridized carbons (Fsp3) is 0.417. The molecule has 0 spiro atoms. The van der Waals surface area contributed by atoms with Crippen molar-refractivity contribution in [2.45, 2.75) is 26.0 Å². The number of carbonyl (C=O) groups excluding carboxylic acids is 2. The van der Waals surface area contributed by atoms with E-state index >= 15 is 0 Å². The summed E-state index contributed by atoms with van der Waals surface area (Å²) in [6.07, 6.45) is 0.0325. The molecular formula is C24H28N2O5S. The van der Waals surface area contributed by atoms with E-state index in [1.165, 1.54) is 11.3 Å². The molecule has 2 aliphatic rings. The fourth-order valence-electron chi connectivity index (χ4n) is 4.05. The maximum atomic E-state index is 13.0. The quantitative estimate of drug-likeness (QED) is 0.391. The van der Waals surface area contributed by atoms with Crippen molar-refractivity contribution in [3.05, 3.63) is 57.8 Å². The van der Waals surface area contributed by atoms with E-state index in [1.807, 2.05) is 31.4 Å². The Morgan fingerprint density at radius 2 is 1.88 bits per heavy atom. The van der Waals surface area contributed by atoms with E-state index < -0.39 is 17.7 Å². The molecule has 2 aromatic rings. The van der Waals surface area contributed by atoms with Crippen molar-refractivity contribution >= 4 is 28.8 Å². The number of ether oxygens (including phenoxy) is 2. The number of carbonyl (C=O) groups is 2. The third kappa shape index (κ3) is 4.72. The van der Waals surface area contributed by atoms with Crippen molar-refractivity contribution in [2.75, 3.05) is 39.4 Å². The van der Waals surface area contributed by atoms with E-state index in [0.29, 0.717) is 37.6 Å². The highest BCUT2D eigenvalue weighted by Gasteiger charge is 2.46. The molecule has 1 N–H and O–H groups in total. The zero-order valence-electron chi connectivity index (χ0n) is 18.3. The van der Waals surface area contributed by atoms with E-state index in [4.69, 9.17) is 9.47 Å². The molecule has 8 heteroatoms. The van der Waals surface area contributed by atoms with Gasteiger partial charge in [0.1, 0.15) is 11.5 Å². The third-order valence-corrected chi connectivity index (χ3v) is 6.54. The largest absolute Gasteiger partial charge is 0.507 e. The van der Waals surface area contributed by atoms with Gasteiger partial charge in [0.05, 0.1) is 30.9 Å². The fourth-order valence-corrected chi connectivity index (χ4v) is 4.89. The number of ketones is 1. The van der Waals surface area contributed by atoms with Crippen LogP contribution in [0.2, 0.25) is 0 Å². The third-order valence-electron chi connectivity index (χ3n) is 5.61. The van der Waals surface area contributed by atoms with Crippen molar-refractivity contribution in [1.82, 2.24) is 9.80 Å². The van der Waals surface area contributed by atoms with Gasteiger partial charge in [0, 0.05) is 36.6 Å². The van der Waals surface area contributed by atoms with Gasteiger partial charge >= 0.3 is 0 Å². The molecule has 1 unspecified atom stereocenters. The summed E-state index contributed by atoms with van der Waals surface area (Å²) in [5.74, 6) is -0.701. The Morgan fingerprint density at radius 1 is 1.16 bits per heavy atom. The first-order valence-corrected chi connectivity index (χ1v) is 11.7. The van der Waals surface area contributed by atoms with Gasteiger partial charge in [0.25, 0.3) is 11.7 Å². The number of morpholine rings is 1. The molecular weight excluding hydrogens is 428 g/mol. The Labute approximate surface area is 191 Å². The molecule has 1 aromatic carbocycles. The molecule has 0 saturated carbocycles. The van der Waals surface area contributed by atoms with Gasteiger partial charge in [-0.05, 0) is 49.6 Å². The Hall–Kier alpha value is -2.68. The van der Waals surface area contributed by atoms with E-state index in [0.717, 1.165) is 18.0 Å².